The predicted molar refractivity (Wildman–Crippen MR) is 104 cm³/mol. The van der Waals surface area contributed by atoms with Crippen molar-refractivity contribution >= 4 is 11.9 Å². The van der Waals surface area contributed by atoms with Gasteiger partial charge in [-0.25, -0.2) is 0 Å². The number of carbonyl (C=O) groups excluding carboxylic acids is 2. The Bertz CT molecular complexity index is 773. The van der Waals surface area contributed by atoms with Crippen LogP contribution in [0.25, 0.3) is 0 Å². The summed E-state index contributed by atoms with van der Waals surface area (Å²) in [6.07, 6.45) is -0.736. The molecule has 0 spiro atoms. The van der Waals surface area contributed by atoms with Gasteiger partial charge >= 0.3 is 5.97 Å². The van der Waals surface area contributed by atoms with Gasteiger partial charge in [0.2, 0.25) is 0 Å². The minimum atomic E-state index is -0.827. The smallest absolute Gasteiger partial charge is 0.310 e. The van der Waals surface area contributed by atoms with Gasteiger partial charge in [0, 0.05) is 13.6 Å². The number of amides is 1. The lowest BCUT2D eigenvalue weighted by molar-refractivity contribution is -0.159. The van der Waals surface area contributed by atoms with Crippen LogP contribution in [-0.2, 0) is 20.9 Å². The molecule has 1 unspecified atom stereocenters. The van der Waals surface area contributed by atoms with Crippen LogP contribution in [0.4, 0.5) is 0 Å². The van der Waals surface area contributed by atoms with E-state index in [1.807, 2.05) is 62.4 Å². The van der Waals surface area contributed by atoms with Crippen LogP contribution in [0.1, 0.15) is 30.0 Å². The third-order valence-electron chi connectivity index (χ3n) is 4.20. The van der Waals surface area contributed by atoms with E-state index in [2.05, 4.69) is 0 Å². The molecule has 0 saturated heterocycles. The van der Waals surface area contributed by atoms with Crippen molar-refractivity contribution in [3.05, 3.63) is 65.2 Å². The van der Waals surface area contributed by atoms with Gasteiger partial charge in [-0.3, -0.25) is 9.59 Å². The fourth-order valence-electron chi connectivity index (χ4n) is 2.66. The standard InChI is InChI=1S/C22H27NO4/c1-16-10-11-17(2)20(14-16)26-13-12-21(24)27-18(3)22(25)23(4)15-19-8-6-5-7-9-19/h5-11,14,18H,12-13,15H2,1-4H3. The molecule has 0 fully saturated rings. The van der Waals surface area contributed by atoms with Crippen molar-refractivity contribution in [3.63, 3.8) is 0 Å². The van der Waals surface area contributed by atoms with Crippen LogP contribution >= 0.6 is 0 Å². The maximum atomic E-state index is 12.4. The zero-order valence-corrected chi connectivity index (χ0v) is 16.4. The second kappa shape index (κ2) is 9.76. The van der Waals surface area contributed by atoms with Crippen molar-refractivity contribution in [2.75, 3.05) is 13.7 Å². The number of nitrogens with zero attached hydrogens (tertiary/aromatic N) is 1. The first kappa shape index (κ1) is 20.5. The molecular formula is C22H27NO4. The molecule has 5 nitrogen and oxygen atoms in total. The van der Waals surface area contributed by atoms with Crippen molar-refractivity contribution in [3.8, 4) is 5.75 Å². The first-order valence-corrected chi connectivity index (χ1v) is 9.05. The van der Waals surface area contributed by atoms with E-state index in [-0.39, 0.29) is 18.9 Å². The maximum absolute atomic E-state index is 12.4. The Morgan fingerprint density at radius 1 is 1.07 bits per heavy atom. The Labute approximate surface area is 160 Å². The van der Waals surface area contributed by atoms with E-state index in [0.29, 0.717) is 6.54 Å². The van der Waals surface area contributed by atoms with E-state index in [1.54, 1.807) is 18.9 Å². The zero-order valence-electron chi connectivity index (χ0n) is 16.4. The van der Waals surface area contributed by atoms with Crippen molar-refractivity contribution < 1.29 is 19.1 Å². The molecule has 2 rings (SSSR count). The molecule has 0 heterocycles. The lowest BCUT2D eigenvalue weighted by Crippen LogP contribution is -2.37. The normalized spacial score (nSPS) is 11.6. The van der Waals surface area contributed by atoms with Crippen molar-refractivity contribution in [1.29, 1.82) is 0 Å². The van der Waals surface area contributed by atoms with E-state index in [4.69, 9.17) is 9.47 Å². The summed E-state index contributed by atoms with van der Waals surface area (Å²) in [5.74, 6) is 0.0754. The average molecular weight is 369 g/mol. The Balaban J connectivity index is 1.77. The number of hydrogen-bond acceptors (Lipinski definition) is 4. The summed E-state index contributed by atoms with van der Waals surface area (Å²) in [5, 5.41) is 0. The Hall–Kier alpha value is -2.82. The van der Waals surface area contributed by atoms with Crippen LogP contribution in [-0.4, -0.2) is 36.5 Å². The van der Waals surface area contributed by atoms with E-state index >= 15 is 0 Å². The van der Waals surface area contributed by atoms with Crippen molar-refractivity contribution in [2.45, 2.75) is 39.8 Å². The van der Waals surface area contributed by atoms with Gasteiger partial charge in [0.05, 0.1) is 13.0 Å². The summed E-state index contributed by atoms with van der Waals surface area (Å²) in [6, 6.07) is 15.6. The van der Waals surface area contributed by atoms with Gasteiger partial charge in [-0.1, -0.05) is 42.5 Å². The van der Waals surface area contributed by atoms with E-state index in [0.717, 1.165) is 22.4 Å². The number of esters is 1. The highest BCUT2D eigenvalue weighted by Gasteiger charge is 2.21. The molecule has 1 atom stereocenters. The van der Waals surface area contributed by atoms with Crippen LogP contribution < -0.4 is 4.74 Å². The summed E-state index contributed by atoms with van der Waals surface area (Å²) >= 11 is 0. The van der Waals surface area contributed by atoms with Crippen LogP contribution in [0.5, 0.6) is 5.75 Å². The molecule has 5 heteroatoms. The number of likely N-dealkylation sites (N-methyl/N-ethyl adjacent to an activating group) is 1. The SMILES string of the molecule is Cc1ccc(C)c(OCCC(=O)OC(C)C(=O)N(C)Cc2ccccc2)c1. The Kier molecular flexibility index (Phi) is 7.41. The summed E-state index contributed by atoms with van der Waals surface area (Å²) in [6.45, 7) is 6.21. The van der Waals surface area contributed by atoms with Gasteiger partial charge in [0.15, 0.2) is 6.10 Å². The summed E-state index contributed by atoms with van der Waals surface area (Å²) in [4.78, 5) is 25.9. The molecule has 2 aromatic rings. The van der Waals surface area contributed by atoms with Crippen LogP contribution in [0.15, 0.2) is 48.5 Å². The number of carbonyl (C=O) groups is 2. The third-order valence-corrected chi connectivity index (χ3v) is 4.20. The molecule has 144 valence electrons. The number of benzene rings is 2. The molecule has 0 saturated carbocycles. The van der Waals surface area contributed by atoms with Gasteiger partial charge in [0.25, 0.3) is 5.91 Å². The van der Waals surface area contributed by atoms with E-state index in [9.17, 15) is 9.59 Å². The molecule has 0 aliphatic heterocycles. The molecule has 0 aliphatic rings. The number of ether oxygens (including phenoxy) is 2. The molecule has 2 aromatic carbocycles. The van der Waals surface area contributed by atoms with Gasteiger partial charge in [-0.15, -0.1) is 0 Å². The maximum Gasteiger partial charge on any atom is 0.310 e. The van der Waals surface area contributed by atoms with Crippen LogP contribution in [0.3, 0.4) is 0 Å². The second-order valence-corrected chi connectivity index (χ2v) is 6.68. The highest BCUT2D eigenvalue weighted by atomic mass is 16.5. The van der Waals surface area contributed by atoms with Crippen LogP contribution in [0.2, 0.25) is 0 Å². The summed E-state index contributed by atoms with van der Waals surface area (Å²) in [5.41, 5.74) is 3.13. The molecule has 27 heavy (non-hydrogen) atoms. The first-order valence-electron chi connectivity index (χ1n) is 9.05. The molecule has 0 aliphatic carbocycles. The van der Waals surface area contributed by atoms with E-state index in [1.165, 1.54) is 0 Å². The highest BCUT2D eigenvalue weighted by Crippen LogP contribution is 2.19. The Morgan fingerprint density at radius 3 is 2.48 bits per heavy atom. The molecule has 0 N–H and O–H groups in total. The third kappa shape index (κ3) is 6.44. The molecule has 1 amide bonds. The number of hydrogen-bond donors (Lipinski definition) is 0. The molecular weight excluding hydrogens is 342 g/mol. The minimum absolute atomic E-state index is 0.0907. The number of rotatable bonds is 8. The molecule has 0 aromatic heterocycles. The number of aryl methyl sites for hydroxylation is 2. The first-order chi connectivity index (χ1) is 12.9. The van der Waals surface area contributed by atoms with Crippen molar-refractivity contribution in [1.82, 2.24) is 4.90 Å². The fraction of sp³-hybridized carbons (Fsp3) is 0.364. The van der Waals surface area contributed by atoms with Gasteiger partial charge in [-0.05, 0) is 43.5 Å². The van der Waals surface area contributed by atoms with E-state index < -0.39 is 12.1 Å². The predicted octanol–water partition coefficient (Wildman–Crippen LogP) is 3.66. The second-order valence-electron chi connectivity index (χ2n) is 6.68. The fourth-order valence-corrected chi connectivity index (χ4v) is 2.66. The molecule has 0 radical (unpaired) electrons. The largest absolute Gasteiger partial charge is 0.493 e. The average Bonchev–Trinajstić information content (AvgIpc) is 2.64. The van der Waals surface area contributed by atoms with Gasteiger partial charge in [-0.2, -0.15) is 0 Å². The quantitative estimate of drug-likeness (QED) is 0.667. The Morgan fingerprint density at radius 2 is 1.78 bits per heavy atom. The van der Waals surface area contributed by atoms with Gasteiger partial charge in [0.1, 0.15) is 5.75 Å². The monoisotopic (exact) mass is 369 g/mol. The summed E-state index contributed by atoms with van der Waals surface area (Å²) < 4.78 is 10.9. The highest BCUT2D eigenvalue weighted by molar-refractivity contribution is 5.83. The summed E-state index contributed by atoms with van der Waals surface area (Å²) in [7, 11) is 1.70. The van der Waals surface area contributed by atoms with Gasteiger partial charge < -0.3 is 14.4 Å². The lowest BCUT2D eigenvalue weighted by atomic mass is 10.1. The van der Waals surface area contributed by atoms with Crippen molar-refractivity contribution in [2.24, 2.45) is 0 Å². The minimum Gasteiger partial charge on any atom is -0.493 e. The van der Waals surface area contributed by atoms with Crippen LogP contribution in [0, 0.1) is 13.8 Å². The lowest BCUT2D eigenvalue weighted by Gasteiger charge is -2.21. The zero-order chi connectivity index (χ0) is 19.8. The topological polar surface area (TPSA) is 55.8 Å². The molecule has 0 bridgehead atoms.